The second-order valence-electron chi connectivity index (χ2n) is 9.98. The molecule has 3 rings (SSSR count). The van der Waals surface area contributed by atoms with Crippen LogP contribution in [0.15, 0.2) is 76.9 Å². The van der Waals surface area contributed by atoms with Crippen molar-refractivity contribution in [2.75, 3.05) is 33.4 Å². The normalized spacial score (nSPS) is 15.7. The number of carbonyl (C=O) groups is 1. The summed E-state index contributed by atoms with van der Waals surface area (Å²) in [5, 5.41) is 15.1. The zero-order valence-corrected chi connectivity index (χ0v) is 25.3. The zero-order chi connectivity index (χ0) is 30.0. The summed E-state index contributed by atoms with van der Waals surface area (Å²) in [7, 11) is -1.99. The predicted octanol–water partition coefficient (Wildman–Crippen LogP) is 6.51. The lowest BCUT2D eigenvalue weighted by molar-refractivity contribution is -0.384. The SMILES string of the molecule is CCCOP(=O)(OCCC)C1=C(C)NC(C)=C(C(=O)OCCN(C)Cc2ccccc2)C1c1cccc([N+](=O)[O-])c1. The molecule has 0 aromatic heterocycles. The molecule has 0 saturated heterocycles. The predicted molar refractivity (Wildman–Crippen MR) is 158 cm³/mol. The summed E-state index contributed by atoms with van der Waals surface area (Å²) in [6.07, 6.45) is 1.20. The van der Waals surface area contributed by atoms with Gasteiger partial charge in [-0.15, -0.1) is 0 Å². The van der Waals surface area contributed by atoms with Crippen LogP contribution in [0, 0.1) is 10.1 Å². The average Bonchev–Trinajstić information content (AvgIpc) is 2.95. The lowest BCUT2D eigenvalue weighted by Crippen LogP contribution is -2.31. The largest absolute Gasteiger partial charge is 0.461 e. The lowest BCUT2D eigenvalue weighted by atomic mass is 9.86. The maximum Gasteiger partial charge on any atom is 0.360 e. The Hall–Kier alpha value is -3.30. The maximum absolute atomic E-state index is 14.4. The van der Waals surface area contributed by atoms with Crippen molar-refractivity contribution >= 4 is 19.3 Å². The van der Waals surface area contributed by atoms with E-state index in [-0.39, 0.29) is 36.4 Å². The molecule has 222 valence electrons. The number of nitro benzene ring substituents is 1. The summed E-state index contributed by atoms with van der Waals surface area (Å²) < 4.78 is 31.9. The Labute approximate surface area is 242 Å². The third-order valence-electron chi connectivity index (χ3n) is 6.59. The third-order valence-corrected chi connectivity index (χ3v) is 8.82. The molecule has 41 heavy (non-hydrogen) atoms. The molecule has 1 aliphatic heterocycles. The number of nitrogens with zero attached hydrogens (tertiary/aromatic N) is 2. The molecule has 1 atom stereocenters. The van der Waals surface area contributed by atoms with E-state index in [2.05, 4.69) is 5.32 Å². The first-order valence-electron chi connectivity index (χ1n) is 13.8. The Morgan fingerprint density at radius 3 is 2.27 bits per heavy atom. The fraction of sp³-hybridized carbons (Fsp3) is 0.433. The molecule has 1 N–H and O–H groups in total. The summed E-state index contributed by atoms with van der Waals surface area (Å²) >= 11 is 0. The van der Waals surface area contributed by atoms with Gasteiger partial charge in [0.1, 0.15) is 6.61 Å². The maximum atomic E-state index is 14.4. The van der Waals surface area contributed by atoms with Crippen molar-refractivity contribution in [1.29, 1.82) is 0 Å². The average molecular weight is 586 g/mol. The molecule has 2 aromatic carbocycles. The molecule has 0 bridgehead atoms. The summed E-state index contributed by atoms with van der Waals surface area (Å²) in [6, 6.07) is 16.0. The number of carbonyl (C=O) groups excluding carboxylic acids is 1. The molecule has 1 aliphatic rings. The van der Waals surface area contributed by atoms with Gasteiger partial charge in [0, 0.05) is 36.6 Å². The van der Waals surface area contributed by atoms with Gasteiger partial charge in [-0.25, -0.2) is 4.79 Å². The highest BCUT2D eigenvalue weighted by Crippen LogP contribution is 2.64. The molecule has 0 spiro atoms. The number of non-ortho nitro benzene ring substituents is 1. The molecule has 0 aliphatic carbocycles. The van der Waals surface area contributed by atoms with Crippen molar-refractivity contribution in [3.63, 3.8) is 0 Å². The van der Waals surface area contributed by atoms with E-state index in [1.54, 1.807) is 26.0 Å². The molecule has 0 amide bonds. The van der Waals surface area contributed by atoms with Gasteiger partial charge in [-0.05, 0) is 44.9 Å². The fourth-order valence-electron chi connectivity index (χ4n) is 4.70. The molecule has 1 unspecified atom stereocenters. The van der Waals surface area contributed by atoms with Crippen molar-refractivity contribution in [3.8, 4) is 0 Å². The number of benzene rings is 2. The van der Waals surface area contributed by atoms with E-state index >= 15 is 0 Å². The van der Waals surface area contributed by atoms with E-state index in [4.69, 9.17) is 13.8 Å². The number of nitrogens with one attached hydrogen (secondary N) is 1. The van der Waals surface area contributed by atoms with Crippen LogP contribution < -0.4 is 5.32 Å². The van der Waals surface area contributed by atoms with Gasteiger partial charge in [-0.2, -0.15) is 0 Å². The van der Waals surface area contributed by atoms with E-state index < -0.39 is 24.4 Å². The highest BCUT2D eigenvalue weighted by molar-refractivity contribution is 7.58. The Balaban J connectivity index is 1.97. The van der Waals surface area contributed by atoms with Gasteiger partial charge in [-0.1, -0.05) is 56.3 Å². The van der Waals surface area contributed by atoms with Crippen LogP contribution in [-0.2, 0) is 29.7 Å². The second kappa shape index (κ2) is 15.1. The monoisotopic (exact) mass is 585 g/mol. The second-order valence-corrected chi connectivity index (χ2v) is 12.0. The summed E-state index contributed by atoms with van der Waals surface area (Å²) in [5.74, 6) is -1.55. The number of hydrogen-bond donors (Lipinski definition) is 1. The fourth-order valence-corrected chi connectivity index (χ4v) is 6.96. The van der Waals surface area contributed by atoms with Gasteiger partial charge in [0.2, 0.25) is 0 Å². The summed E-state index contributed by atoms with van der Waals surface area (Å²) in [5.41, 5.74) is 2.63. The van der Waals surface area contributed by atoms with Crippen molar-refractivity contribution in [2.24, 2.45) is 0 Å². The van der Waals surface area contributed by atoms with Crippen LogP contribution >= 0.6 is 7.60 Å². The number of nitro groups is 1. The minimum absolute atomic E-state index is 0.120. The Morgan fingerprint density at radius 1 is 1.00 bits per heavy atom. The molecule has 0 saturated carbocycles. The molecule has 0 fully saturated rings. The van der Waals surface area contributed by atoms with Crippen molar-refractivity contribution in [3.05, 3.63) is 98.1 Å². The van der Waals surface area contributed by atoms with Crippen LogP contribution in [0.4, 0.5) is 5.69 Å². The van der Waals surface area contributed by atoms with E-state index in [9.17, 15) is 19.5 Å². The van der Waals surface area contributed by atoms with Crippen LogP contribution in [0.2, 0.25) is 0 Å². The van der Waals surface area contributed by atoms with Gasteiger partial charge < -0.3 is 19.1 Å². The van der Waals surface area contributed by atoms with Crippen LogP contribution in [-0.4, -0.2) is 49.2 Å². The minimum atomic E-state index is -3.93. The smallest absolute Gasteiger partial charge is 0.360 e. The van der Waals surface area contributed by atoms with E-state index in [0.717, 1.165) is 5.56 Å². The quantitative estimate of drug-likeness (QED) is 0.108. The molecule has 11 heteroatoms. The van der Waals surface area contributed by atoms with Crippen LogP contribution in [0.3, 0.4) is 0 Å². The van der Waals surface area contributed by atoms with Gasteiger partial charge in [0.25, 0.3) is 5.69 Å². The van der Waals surface area contributed by atoms with E-state index in [1.165, 1.54) is 12.1 Å². The molecule has 2 aromatic rings. The Bertz CT molecular complexity index is 1310. The Morgan fingerprint density at radius 2 is 1.66 bits per heavy atom. The lowest BCUT2D eigenvalue weighted by Gasteiger charge is -2.34. The van der Waals surface area contributed by atoms with E-state index in [1.807, 2.05) is 56.1 Å². The number of rotatable bonds is 15. The van der Waals surface area contributed by atoms with Gasteiger partial charge in [0.05, 0.1) is 34.9 Å². The summed E-state index contributed by atoms with van der Waals surface area (Å²) in [6.45, 7) is 8.90. The zero-order valence-electron chi connectivity index (χ0n) is 24.4. The molecule has 1 heterocycles. The van der Waals surface area contributed by atoms with Gasteiger partial charge in [-0.3, -0.25) is 19.6 Å². The standard InChI is InChI=1S/C30H40N3O7P/c1-6-17-39-41(37,40-18-7-2)29-23(4)31-22(3)27(28(29)25-14-11-15-26(20-25)33(35)36)30(34)38-19-16-32(5)21-24-12-9-8-10-13-24/h8-15,20,28,31H,6-7,16-19,21H2,1-5H3. The van der Waals surface area contributed by atoms with Crippen LogP contribution in [0.25, 0.3) is 0 Å². The summed E-state index contributed by atoms with van der Waals surface area (Å²) in [4.78, 5) is 26.9. The van der Waals surface area contributed by atoms with Gasteiger partial charge in [0.15, 0.2) is 0 Å². The van der Waals surface area contributed by atoms with Crippen LogP contribution in [0.1, 0.15) is 57.6 Å². The molecule has 0 radical (unpaired) electrons. The number of dihydropyridines is 1. The topological polar surface area (TPSA) is 120 Å². The highest BCUT2D eigenvalue weighted by Gasteiger charge is 2.45. The van der Waals surface area contributed by atoms with E-state index in [0.29, 0.717) is 42.9 Å². The first-order valence-corrected chi connectivity index (χ1v) is 15.4. The number of esters is 1. The first-order chi connectivity index (χ1) is 19.6. The number of hydrogen-bond acceptors (Lipinski definition) is 9. The first kappa shape index (κ1) is 32.2. The number of likely N-dealkylation sites (N-methyl/N-ethyl adjacent to an activating group) is 1. The molecule has 10 nitrogen and oxygen atoms in total. The van der Waals surface area contributed by atoms with Crippen molar-refractivity contribution in [2.45, 2.75) is 53.0 Å². The Kier molecular flexibility index (Phi) is 11.8. The van der Waals surface area contributed by atoms with Crippen molar-refractivity contribution < 1.29 is 28.1 Å². The van der Waals surface area contributed by atoms with Gasteiger partial charge >= 0.3 is 13.6 Å². The molecular formula is C30H40N3O7P. The minimum Gasteiger partial charge on any atom is -0.461 e. The third kappa shape index (κ3) is 8.36. The van der Waals surface area contributed by atoms with Crippen LogP contribution in [0.5, 0.6) is 0 Å². The molecular weight excluding hydrogens is 545 g/mol. The number of ether oxygens (including phenoxy) is 1. The highest BCUT2D eigenvalue weighted by atomic mass is 31.2. The van der Waals surface area contributed by atoms with Crippen molar-refractivity contribution in [1.82, 2.24) is 10.2 Å². The number of allylic oxidation sites excluding steroid dienone is 3.